The van der Waals surface area contributed by atoms with E-state index < -0.39 is 0 Å². The summed E-state index contributed by atoms with van der Waals surface area (Å²) in [4.78, 5) is 2.48. The lowest BCUT2D eigenvalue weighted by Gasteiger charge is -2.29. The van der Waals surface area contributed by atoms with E-state index in [4.69, 9.17) is 0 Å². The summed E-state index contributed by atoms with van der Waals surface area (Å²) < 4.78 is 0. The summed E-state index contributed by atoms with van der Waals surface area (Å²) in [6, 6.07) is 0.740. The van der Waals surface area contributed by atoms with Crippen LogP contribution in [0.5, 0.6) is 0 Å². The molecular weight excluding hydrogens is 184 g/mol. The van der Waals surface area contributed by atoms with Crippen molar-refractivity contribution in [3.05, 3.63) is 0 Å². The molecule has 15 heavy (non-hydrogen) atoms. The molecule has 0 aromatic rings. The van der Waals surface area contributed by atoms with E-state index in [1.54, 1.807) is 0 Å². The number of nitrogens with one attached hydrogen (secondary N) is 1. The number of nitrogens with zero attached hydrogens (tertiary/aromatic N) is 1. The van der Waals surface area contributed by atoms with Gasteiger partial charge in [0.2, 0.25) is 0 Å². The van der Waals surface area contributed by atoms with Crippen LogP contribution in [0.1, 0.15) is 46.5 Å². The van der Waals surface area contributed by atoms with Crippen LogP contribution in [0.4, 0.5) is 0 Å². The van der Waals surface area contributed by atoms with E-state index in [1.165, 1.54) is 45.3 Å². The molecule has 1 rings (SSSR count). The van der Waals surface area contributed by atoms with E-state index in [9.17, 15) is 0 Å². The number of hydrogen-bond acceptors (Lipinski definition) is 2. The normalized spacial score (nSPS) is 23.4. The molecule has 1 atom stereocenters. The lowest BCUT2D eigenvalue weighted by atomic mass is 9.92. The third kappa shape index (κ3) is 6.16. The smallest absolute Gasteiger partial charge is 0.0194 e. The van der Waals surface area contributed by atoms with Gasteiger partial charge >= 0.3 is 0 Å². The highest BCUT2D eigenvalue weighted by Gasteiger charge is 2.16. The average molecular weight is 212 g/mol. The van der Waals surface area contributed by atoms with Crippen molar-refractivity contribution in [3.8, 4) is 0 Å². The third-order valence-corrected chi connectivity index (χ3v) is 3.19. The SMILES string of the molecule is CN(CCC(C)(C)C)CC1CCCCN1. The molecule has 0 aromatic carbocycles. The van der Waals surface area contributed by atoms with Crippen molar-refractivity contribution in [2.75, 3.05) is 26.7 Å². The predicted octanol–water partition coefficient (Wildman–Crippen LogP) is 2.50. The quantitative estimate of drug-likeness (QED) is 0.770. The monoisotopic (exact) mass is 212 g/mol. The van der Waals surface area contributed by atoms with Crippen LogP contribution in [0.2, 0.25) is 0 Å². The number of likely N-dealkylation sites (N-methyl/N-ethyl adjacent to an activating group) is 1. The van der Waals surface area contributed by atoms with Gasteiger partial charge in [-0.15, -0.1) is 0 Å². The lowest BCUT2D eigenvalue weighted by Crippen LogP contribution is -2.43. The second-order valence-electron chi connectivity index (χ2n) is 6.22. The van der Waals surface area contributed by atoms with Crippen LogP contribution in [-0.4, -0.2) is 37.6 Å². The Kier molecular flexibility index (Phi) is 5.07. The average Bonchev–Trinajstić information content (AvgIpc) is 2.15. The Hall–Kier alpha value is -0.0800. The van der Waals surface area contributed by atoms with Crippen molar-refractivity contribution < 1.29 is 0 Å². The van der Waals surface area contributed by atoms with Crippen molar-refractivity contribution in [3.63, 3.8) is 0 Å². The second kappa shape index (κ2) is 5.86. The van der Waals surface area contributed by atoms with E-state index >= 15 is 0 Å². The highest BCUT2D eigenvalue weighted by Crippen LogP contribution is 2.18. The first kappa shape index (κ1) is 13.0. The molecule has 0 radical (unpaired) electrons. The molecule has 0 amide bonds. The van der Waals surface area contributed by atoms with Gasteiger partial charge in [0.15, 0.2) is 0 Å². The van der Waals surface area contributed by atoms with Crippen LogP contribution in [0, 0.1) is 5.41 Å². The second-order valence-corrected chi connectivity index (χ2v) is 6.22. The summed E-state index contributed by atoms with van der Waals surface area (Å²) in [5, 5.41) is 3.61. The Balaban J connectivity index is 2.14. The van der Waals surface area contributed by atoms with Gasteiger partial charge in [-0.25, -0.2) is 0 Å². The van der Waals surface area contributed by atoms with Gasteiger partial charge in [-0.2, -0.15) is 0 Å². The maximum Gasteiger partial charge on any atom is 0.0194 e. The van der Waals surface area contributed by atoms with Crippen molar-refractivity contribution in [1.82, 2.24) is 10.2 Å². The zero-order valence-electron chi connectivity index (χ0n) is 11.0. The molecule has 90 valence electrons. The van der Waals surface area contributed by atoms with Gasteiger partial charge in [-0.3, -0.25) is 0 Å². The highest BCUT2D eigenvalue weighted by molar-refractivity contribution is 4.75. The fraction of sp³-hybridized carbons (Fsp3) is 1.00. The fourth-order valence-electron chi connectivity index (χ4n) is 2.07. The zero-order chi connectivity index (χ0) is 11.3. The minimum atomic E-state index is 0.467. The summed E-state index contributed by atoms with van der Waals surface area (Å²) in [5.74, 6) is 0. The zero-order valence-corrected chi connectivity index (χ0v) is 11.0. The fourth-order valence-corrected chi connectivity index (χ4v) is 2.07. The lowest BCUT2D eigenvalue weighted by molar-refractivity contribution is 0.228. The summed E-state index contributed by atoms with van der Waals surface area (Å²) in [7, 11) is 2.25. The molecule has 2 heteroatoms. The van der Waals surface area contributed by atoms with Gasteiger partial charge in [0, 0.05) is 12.6 Å². The van der Waals surface area contributed by atoms with E-state index in [0.29, 0.717) is 5.41 Å². The topological polar surface area (TPSA) is 15.3 Å². The first-order chi connectivity index (χ1) is 6.97. The standard InChI is InChI=1S/C13H28N2/c1-13(2,3)8-10-15(4)11-12-7-5-6-9-14-12/h12,14H,5-11H2,1-4H3. The molecule has 1 heterocycles. The summed E-state index contributed by atoms with van der Waals surface area (Å²) >= 11 is 0. The molecule has 1 unspecified atom stereocenters. The van der Waals surface area contributed by atoms with Crippen molar-refractivity contribution >= 4 is 0 Å². The van der Waals surface area contributed by atoms with Gasteiger partial charge < -0.3 is 10.2 Å². The van der Waals surface area contributed by atoms with Crippen molar-refractivity contribution in [2.24, 2.45) is 5.41 Å². The first-order valence-electron chi connectivity index (χ1n) is 6.39. The summed E-state index contributed by atoms with van der Waals surface area (Å²) in [6.45, 7) is 10.6. The minimum absolute atomic E-state index is 0.467. The Bertz CT molecular complexity index is 166. The van der Waals surface area contributed by atoms with E-state index in [0.717, 1.165) is 6.04 Å². The van der Waals surface area contributed by atoms with Crippen molar-refractivity contribution in [2.45, 2.75) is 52.5 Å². The minimum Gasteiger partial charge on any atom is -0.313 e. The molecule has 1 aliphatic heterocycles. The molecule has 1 N–H and O–H groups in total. The molecule has 0 aromatic heterocycles. The van der Waals surface area contributed by atoms with E-state index in [2.05, 4.69) is 38.0 Å². The maximum atomic E-state index is 3.61. The number of rotatable bonds is 4. The molecule has 1 aliphatic rings. The van der Waals surface area contributed by atoms with Crippen LogP contribution in [-0.2, 0) is 0 Å². The van der Waals surface area contributed by atoms with E-state index in [-0.39, 0.29) is 0 Å². The Morgan fingerprint density at radius 3 is 2.53 bits per heavy atom. The predicted molar refractivity (Wildman–Crippen MR) is 67.2 cm³/mol. The van der Waals surface area contributed by atoms with Gasteiger partial charge in [0.1, 0.15) is 0 Å². The van der Waals surface area contributed by atoms with Crippen molar-refractivity contribution in [1.29, 1.82) is 0 Å². The number of hydrogen-bond donors (Lipinski definition) is 1. The van der Waals surface area contributed by atoms with Crippen LogP contribution in [0.15, 0.2) is 0 Å². The van der Waals surface area contributed by atoms with Crippen LogP contribution in [0.3, 0.4) is 0 Å². The Morgan fingerprint density at radius 2 is 2.00 bits per heavy atom. The summed E-state index contributed by atoms with van der Waals surface area (Å²) in [6.07, 6.45) is 5.42. The molecule has 0 bridgehead atoms. The van der Waals surface area contributed by atoms with Gasteiger partial charge in [-0.05, 0) is 44.8 Å². The molecule has 1 fully saturated rings. The summed E-state index contributed by atoms with van der Waals surface area (Å²) in [5.41, 5.74) is 0.467. The number of piperidine rings is 1. The molecule has 0 spiro atoms. The van der Waals surface area contributed by atoms with Gasteiger partial charge in [0.05, 0.1) is 0 Å². The maximum absolute atomic E-state index is 3.61. The first-order valence-corrected chi connectivity index (χ1v) is 6.39. The molecule has 2 nitrogen and oxygen atoms in total. The van der Waals surface area contributed by atoms with Crippen LogP contribution < -0.4 is 5.32 Å². The highest BCUT2D eigenvalue weighted by atomic mass is 15.1. The molecule has 1 saturated heterocycles. The third-order valence-electron chi connectivity index (χ3n) is 3.19. The van der Waals surface area contributed by atoms with Gasteiger partial charge in [0.25, 0.3) is 0 Å². The Labute approximate surface area is 95.4 Å². The van der Waals surface area contributed by atoms with Crippen LogP contribution >= 0.6 is 0 Å². The molecular formula is C13H28N2. The Morgan fingerprint density at radius 1 is 1.27 bits per heavy atom. The van der Waals surface area contributed by atoms with Gasteiger partial charge in [-0.1, -0.05) is 27.2 Å². The van der Waals surface area contributed by atoms with E-state index in [1.807, 2.05) is 0 Å². The molecule has 0 saturated carbocycles. The largest absolute Gasteiger partial charge is 0.313 e. The van der Waals surface area contributed by atoms with Crippen LogP contribution in [0.25, 0.3) is 0 Å². The molecule has 0 aliphatic carbocycles.